The molecule has 8 aromatic carbocycles. The Morgan fingerprint density at radius 3 is 0.966 bits per heavy atom. The van der Waals surface area contributed by atoms with Gasteiger partial charge in [-0.15, -0.1) is 0 Å². The highest BCUT2D eigenvalue weighted by molar-refractivity contribution is 6.10. The van der Waals surface area contributed by atoms with Crippen molar-refractivity contribution in [2.45, 2.75) is 38.5 Å². The van der Waals surface area contributed by atoms with E-state index in [-0.39, 0.29) is 10.8 Å². The molecule has 0 atom stereocenters. The molecule has 1 aromatic heterocycles. The SMILES string of the molecule is CC1(C)c2ccccc2N(c2ccc(-c3ccc4c(c3)c3cc(-c5ccc(N6c7ccccc7C(C)(C)c7ccccc76)cc5)ccc3n4N)cc2)c2ccccc21. The van der Waals surface area contributed by atoms with Gasteiger partial charge in [0.05, 0.1) is 33.8 Å². The number of nitrogen functional groups attached to an aromatic ring is 1. The normalized spacial score (nSPS) is 14.8. The number of hydrogen-bond acceptors (Lipinski definition) is 3. The molecule has 0 unspecified atom stereocenters. The Labute approximate surface area is 340 Å². The Kier molecular flexibility index (Phi) is 7.36. The molecule has 0 saturated heterocycles. The fraction of sp³-hybridized carbons (Fsp3) is 0.111. The average molecular weight is 749 g/mol. The molecule has 0 amide bonds. The number of hydrogen-bond donors (Lipinski definition) is 1. The van der Waals surface area contributed by atoms with Crippen LogP contribution < -0.4 is 15.6 Å². The molecule has 4 nitrogen and oxygen atoms in total. The number of rotatable bonds is 4. The molecule has 0 spiro atoms. The first-order valence-electron chi connectivity index (χ1n) is 20.2. The Balaban J connectivity index is 0.943. The summed E-state index contributed by atoms with van der Waals surface area (Å²) >= 11 is 0. The first kappa shape index (κ1) is 34.2. The van der Waals surface area contributed by atoms with E-state index in [2.05, 4.69) is 219 Å². The summed E-state index contributed by atoms with van der Waals surface area (Å²) in [6.45, 7) is 9.31. The Morgan fingerprint density at radius 1 is 0.345 bits per heavy atom. The number of benzene rings is 8. The molecule has 2 aliphatic heterocycles. The Hall–Kier alpha value is -7.04. The van der Waals surface area contributed by atoms with Gasteiger partial charge in [0.2, 0.25) is 0 Å². The highest BCUT2D eigenvalue weighted by Crippen LogP contribution is 2.53. The van der Waals surface area contributed by atoms with Crippen molar-refractivity contribution in [2.75, 3.05) is 15.6 Å². The average Bonchev–Trinajstić information content (AvgIpc) is 3.54. The molecule has 0 saturated carbocycles. The van der Waals surface area contributed by atoms with Gasteiger partial charge < -0.3 is 15.6 Å². The molecule has 0 fully saturated rings. The zero-order valence-corrected chi connectivity index (χ0v) is 33.2. The zero-order chi connectivity index (χ0) is 39.3. The highest BCUT2D eigenvalue weighted by atomic mass is 15.3. The van der Waals surface area contributed by atoms with E-state index in [0.717, 1.165) is 44.3 Å². The van der Waals surface area contributed by atoms with E-state index in [1.54, 1.807) is 0 Å². The lowest BCUT2D eigenvalue weighted by molar-refractivity contribution is 0.632. The quantitative estimate of drug-likeness (QED) is 0.182. The van der Waals surface area contributed by atoms with Crippen LogP contribution in [0.2, 0.25) is 0 Å². The van der Waals surface area contributed by atoms with Gasteiger partial charge in [0.1, 0.15) is 0 Å². The smallest absolute Gasteiger partial charge is 0.0704 e. The molecule has 9 aromatic rings. The molecule has 0 radical (unpaired) electrons. The molecule has 2 N–H and O–H groups in total. The van der Waals surface area contributed by atoms with Crippen molar-refractivity contribution < 1.29 is 0 Å². The van der Waals surface area contributed by atoms with E-state index >= 15 is 0 Å². The maximum Gasteiger partial charge on any atom is 0.0704 e. The minimum atomic E-state index is -0.0882. The van der Waals surface area contributed by atoms with Crippen molar-refractivity contribution in [3.63, 3.8) is 0 Å². The minimum absolute atomic E-state index is 0.0882. The predicted octanol–water partition coefficient (Wildman–Crippen LogP) is 14.1. The lowest BCUT2D eigenvalue weighted by atomic mass is 9.73. The van der Waals surface area contributed by atoms with Crippen LogP contribution in [0.4, 0.5) is 34.1 Å². The Bertz CT molecular complexity index is 2770. The molecule has 11 rings (SSSR count). The third kappa shape index (κ3) is 4.94. The van der Waals surface area contributed by atoms with Gasteiger partial charge >= 0.3 is 0 Å². The summed E-state index contributed by atoms with van der Waals surface area (Å²) in [4.78, 5) is 4.81. The van der Waals surface area contributed by atoms with E-state index in [9.17, 15) is 0 Å². The number of nitrogens with two attached hydrogens (primary N) is 1. The van der Waals surface area contributed by atoms with Crippen LogP contribution in [0.3, 0.4) is 0 Å². The van der Waals surface area contributed by atoms with Crippen molar-refractivity contribution in [3.8, 4) is 22.3 Å². The molecule has 58 heavy (non-hydrogen) atoms. The summed E-state index contributed by atoms with van der Waals surface area (Å²) in [5.41, 5.74) is 19.0. The van der Waals surface area contributed by atoms with Gasteiger partial charge in [-0.25, -0.2) is 0 Å². The monoisotopic (exact) mass is 748 g/mol. The molecule has 280 valence electrons. The van der Waals surface area contributed by atoms with Gasteiger partial charge in [-0.1, -0.05) is 137 Å². The fourth-order valence-corrected chi connectivity index (χ4v) is 9.91. The van der Waals surface area contributed by atoms with Gasteiger partial charge in [0.15, 0.2) is 0 Å². The van der Waals surface area contributed by atoms with Crippen LogP contribution in [0, 0.1) is 0 Å². The molecular formula is C54H44N4. The highest BCUT2D eigenvalue weighted by Gasteiger charge is 2.37. The van der Waals surface area contributed by atoms with Crippen molar-refractivity contribution in [2.24, 2.45) is 0 Å². The minimum Gasteiger partial charge on any atom is -0.339 e. The molecule has 0 bridgehead atoms. The lowest BCUT2D eigenvalue weighted by Gasteiger charge is -2.42. The Morgan fingerprint density at radius 2 is 0.638 bits per heavy atom. The molecule has 0 aliphatic carbocycles. The zero-order valence-electron chi connectivity index (χ0n) is 33.2. The van der Waals surface area contributed by atoms with Crippen molar-refractivity contribution >= 4 is 55.9 Å². The van der Waals surface area contributed by atoms with Crippen LogP contribution in [0.25, 0.3) is 44.1 Å². The second-order valence-electron chi connectivity index (χ2n) is 16.9. The van der Waals surface area contributed by atoms with Gasteiger partial charge in [0.25, 0.3) is 0 Å². The van der Waals surface area contributed by atoms with E-state index in [4.69, 9.17) is 5.84 Å². The van der Waals surface area contributed by atoms with Crippen molar-refractivity contribution in [1.29, 1.82) is 0 Å². The molecular weight excluding hydrogens is 705 g/mol. The van der Waals surface area contributed by atoms with Gasteiger partial charge in [0, 0.05) is 33.0 Å². The fourth-order valence-electron chi connectivity index (χ4n) is 9.91. The summed E-state index contributed by atoms with van der Waals surface area (Å²) < 4.78 is 1.82. The van der Waals surface area contributed by atoms with E-state index in [0.29, 0.717) is 0 Å². The third-order valence-electron chi connectivity index (χ3n) is 13.0. The number of aromatic nitrogens is 1. The molecule has 4 heteroatoms. The summed E-state index contributed by atoms with van der Waals surface area (Å²) in [5, 5.41) is 2.28. The van der Waals surface area contributed by atoms with Crippen LogP contribution >= 0.6 is 0 Å². The second kappa shape index (κ2) is 12.5. The largest absolute Gasteiger partial charge is 0.339 e. The van der Waals surface area contributed by atoms with Crippen LogP contribution in [-0.4, -0.2) is 4.68 Å². The van der Waals surface area contributed by atoms with Gasteiger partial charge in [-0.3, -0.25) is 4.68 Å². The lowest BCUT2D eigenvalue weighted by Crippen LogP contribution is -2.30. The summed E-state index contributed by atoms with van der Waals surface area (Å²) in [6, 6.07) is 66.5. The maximum absolute atomic E-state index is 6.76. The standard InChI is InChI=1S/C54H44N4/c1-53(2)43-13-5-9-17-49(43)56(50-18-10-6-14-44(50)53)39-27-21-35(22-28-39)37-25-31-47-41(33-37)42-34-38(26-32-48(42)58(47)55)36-23-29-40(30-24-36)57-51-19-11-7-15-45(51)54(3,4)46-16-8-12-20-52(46)57/h5-34H,55H2,1-4H3. The molecule has 2 aliphatic rings. The summed E-state index contributed by atoms with van der Waals surface area (Å²) in [7, 11) is 0. The van der Waals surface area contributed by atoms with Crippen molar-refractivity contribution in [3.05, 3.63) is 204 Å². The van der Waals surface area contributed by atoms with E-state index in [1.807, 2.05) is 4.68 Å². The van der Waals surface area contributed by atoms with E-state index < -0.39 is 0 Å². The summed E-state index contributed by atoms with van der Waals surface area (Å²) in [5.74, 6) is 6.76. The van der Waals surface area contributed by atoms with Gasteiger partial charge in [-0.05, 0) is 117 Å². The number of anilines is 6. The first-order chi connectivity index (χ1) is 28.2. The number of para-hydroxylation sites is 4. The third-order valence-corrected chi connectivity index (χ3v) is 13.0. The second-order valence-corrected chi connectivity index (χ2v) is 16.9. The topological polar surface area (TPSA) is 37.4 Å². The van der Waals surface area contributed by atoms with E-state index in [1.165, 1.54) is 56.1 Å². The molecule has 3 heterocycles. The summed E-state index contributed by atoms with van der Waals surface area (Å²) in [6.07, 6.45) is 0. The van der Waals surface area contributed by atoms with Gasteiger partial charge in [-0.2, -0.15) is 0 Å². The first-order valence-corrected chi connectivity index (χ1v) is 20.2. The number of nitrogens with zero attached hydrogens (tertiary/aromatic N) is 3. The predicted molar refractivity (Wildman–Crippen MR) is 244 cm³/mol. The van der Waals surface area contributed by atoms with Crippen LogP contribution in [0.1, 0.15) is 49.9 Å². The van der Waals surface area contributed by atoms with Crippen LogP contribution in [0.15, 0.2) is 182 Å². The van der Waals surface area contributed by atoms with Crippen LogP contribution in [0.5, 0.6) is 0 Å². The maximum atomic E-state index is 6.76. The van der Waals surface area contributed by atoms with Crippen molar-refractivity contribution in [1.82, 2.24) is 4.68 Å². The van der Waals surface area contributed by atoms with Crippen LogP contribution in [-0.2, 0) is 10.8 Å². The number of fused-ring (bicyclic) bond motifs is 7.